The number of benzene rings is 1. The van der Waals surface area contributed by atoms with Gasteiger partial charge in [-0.05, 0) is 24.8 Å². The lowest BCUT2D eigenvalue weighted by molar-refractivity contribution is -0.134. The molecule has 1 N–H and O–H groups in total. The first-order chi connectivity index (χ1) is 14.5. The number of aryl methyl sites for hydroxylation is 1. The minimum Gasteiger partial charge on any atom is -0.352 e. The topological polar surface area (TPSA) is 65.5 Å². The number of rotatable bonds is 5. The van der Waals surface area contributed by atoms with Gasteiger partial charge in [-0.2, -0.15) is 0 Å². The van der Waals surface area contributed by atoms with Crippen molar-refractivity contribution in [2.24, 2.45) is 11.8 Å². The van der Waals surface area contributed by atoms with Crippen molar-refractivity contribution in [3.8, 4) is 0 Å². The maximum Gasteiger partial charge on any atom is 0.225 e. The maximum atomic E-state index is 12.7. The molecular formula is C23H30N4O2S. The van der Waals surface area contributed by atoms with Crippen molar-refractivity contribution in [1.29, 1.82) is 0 Å². The monoisotopic (exact) mass is 426 g/mol. The van der Waals surface area contributed by atoms with E-state index >= 15 is 0 Å². The second-order valence-electron chi connectivity index (χ2n) is 8.48. The van der Waals surface area contributed by atoms with Gasteiger partial charge in [0.05, 0.1) is 5.69 Å². The van der Waals surface area contributed by atoms with E-state index in [-0.39, 0.29) is 23.7 Å². The zero-order valence-corrected chi connectivity index (χ0v) is 18.6. The summed E-state index contributed by atoms with van der Waals surface area (Å²) in [5.41, 5.74) is 2.28. The van der Waals surface area contributed by atoms with Crippen molar-refractivity contribution >= 4 is 28.3 Å². The summed E-state index contributed by atoms with van der Waals surface area (Å²) in [5, 5.41) is 4.14. The molecule has 1 atom stereocenters. The van der Waals surface area contributed by atoms with Crippen LogP contribution in [-0.4, -0.2) is 47.9 Å². The van der Waals surface area contributed by atoms with Crippen molar-refractivity contribution in [2.75, 3.05) is 31.1 Å². The predicted octanol–water partition coefficient (Wildman–Crippen LogP) is 2.87. The number of nitrogens with one attached hydrogen (secondary N) is 1. The summed E-state index contributed by atoms with van der Waals surface area (Å²) in [4.78, 5) is 35.2. The quantitative estimate of drug-likeness (QED) is 0.799. The standard InChI is InChI=1S/C23H30N4O2S/c1-16(2)22(29)26-10-12-27(13-11-26)23-25-19-9-8-18(14-20(19)30-23)21(28)24-15-17-6-4-3-5-7-17/h3-7,16,18H,8-15H2,1-2H3,(H,24,28). The Morgan fingerprint density at radius 2 is 1.90 bits per heavy atom. The lowest BCUT2D eigenvalue weighted by atomic mass is 9.90. The number of hydrogen-bond donors (Lipinski definition) is 1. The van der Waals surface area contributed by atoms with Gasteiger partial charge in [0.2, 0.25) is 11.8 Å². The van der Waals surface area contributed by atoms with Crippen LogP contribution in [0.2, 0.25) is 0 Å². The molecule has 2 heterocycles. The van der Waals surface area contributed by atoms with Gasteiger partial charge in [0.15, 0.2) is 5.13 Å². The number of nitrogens with zero attached hydrogens (tertiary/aromatic N) is 3. The molecular weight excluding hydrogens is 396 g/mol. The number of fused-ring (bicyclic) bond motifs is 1. The predicted molar refractivity (Wildman–Crippen MR) is 120 cm³/mol. The largest absolute Gasteiger partial charge is 0.352 e. The van der Waals surface area contributed by atoms with Crippen LogP contribution in [0, 0.1) is 11.8 Å². The summed E-state index contributed by atoms with van der Waals surface area (Å²) in [6.07, 6.45) is 2.49. The number of aromatic nitrogens is 1. The van der Waals surface area contributed by atoms with Crippen LogP contribution in [0.5, 0.6) is 0 Å². The molecule has 1 aliphatic carbocycles. The van der Waals surface area contributed by atoms with Crippen LogP contribution >= 0.6 is 11.3 Å². The zero-order chi connectivity index (χ0) is 21.1. The third-order valence-corrected chi connectivity index (χ3v) is 7.15. The Bertz CT molecular complexity index is 888. The third-order valence-electron chi connectivity index (χ3n) is 5.96. The molecule has 1 aromatic heterocycles. The molecule has 1 fully saturated rings. The Hall–Kier alpha value is -2.41. The van der Waals surface area contributed by atoms with E-state index in [2.05, 4.69) is 10.2 Å². The highest BCUT2D eigenvalue weighted by molar-refractivity contribution is 7.15. The lowest BCUT2D eigenvalue weighted by Crippen LogP contribution is -2.49. The fourth-order valence-electron chi connectivity index (χ4n) is 4.13. The fraction of sp³-hybridized carbons (Fsp3) is 0.522. The van der Waals surface area contributed by atoms with Crippen molar-refractivity contribution in [3.05, 3.63) is 46.5 Å². The number of hydrogen-bond acceptors (Lipinski definition) is 5. The van der Waals surface area contributed by atoms with Gasteiger partial charge in [0, 0.05) is 49.4 Å². The highest BCUT2D eigenvalue weighted by Crippen LogP contribution is 2.34. The van der Waals surface area contributed by atoms with Gasteiger partial charge in [-0.3, -0.25) is 9.59 Å². The van der Waals surface area contributed by atoms with E-state index in [1.807, 2.05) is 49.1 Å². The van der Waals surface area contributed by atoms with E-state index in [0.717, 1.165) is 61.8 Å². The van der Waals surface area contributed by atoms with Crippen molar-refractivity contribution in [3.63, 3.8) is 0 Å². The molecule has 0 saturated carbocycles. The smallest absolute Gasteiger partial charge is 0.225 e. The zero-order valence-electron chi connectivity index (χ0n) is 17.8. The lowest BCUT2D eigenvalue weighted by Gasteiger charge is -2.35. The van der Waals surface area contributed by atoms with E-state index in [9.17, 15) is 9.59 Å². The normalized spacial score (nSPS) is 19.0. The summed E-state index contributed by atoms with van der Waals surface area (Å²) in [6, 6.07) is 10.0. The molecule has 2 aromatic rings. The molecule has 0 radical (unpaired) electrons. The van der Waals surface area contributed by atoms with Gasteiger partial charge in [0.25, 0.3) is 0 Å². The Kier molecular flexibility index (Phi) is 6.37. The molecule has 160 valence electrons. The molecule has 30 heavy (non-hydrogen) atoms. The molecule has 4 rings (SSSR count). The molecule has 0 bridgehead atoms. The number of carbonyl (C=O) groups is 2. The molecule has 1 unspecified atom stereocenters. The van der Waals surface area contributed by atoms with E-state index in [4.69, 9.17) is 4.98 Å². The van der Waals surface area contributed by atoms with Crippen LogP contribution in [0.3, 0.4) is 0 Å². The van der Waals surface area contributed by atoms with Crippen LogP contribution in [0.25, 0.3) is 0 Å². The van der Waals surface area contributed by atoms with Crippen molar-refractivity contribution in [2.45, 2.75) is 39.7 Å². The van der Waals surface area contributed by atoms with Gasteiger partial charge in [-0.1, -0.05) is 44.2 Å². The molecule has 1 saturated heterocycles. The Morgan fingerprint density at radius 1 is 1.17 bits per heavy atom. The summed E-state index contributed by atoms with van der Waals surface area (Å²) in [7, 11) is 0. The van der Waals surface area contributed by atoms with Crippen LogP contribution in [-0.2, 0) is 29.0 Å². The number of anilines is 1. The van der Waals surface area contributed by atoms with Gasteiger partial charge in [-0.15, -0.1) is 11.3 Å². The highest BCUT2D eigenvalue weighted by atomic mass is 32.1. The van der Waals surface area contributed by atoms with Crippen LogP contribution in [0.1, 0.15) is 36.4 Å². The van der Waals surface area contributed by atoms with Crippen LogP contribution in [0.15, 0.2) is 30.3 Å². The summed E-state index contributed by atoms with van der Waals surface area (Å²) in [5.74, 6) is 0.446. The first-order valence-electron chi connectivity index (χ1n) is 10.8. The maximum absolute atomic E-state index is 12.7. The highest BCUT2D eigenvalue weighted by Gasteiger charge is 2.30. The minimum atomic E-state index is 0.0232. The van der Waals surface area contributed by atoms with Crippen LogP contribution < -0.4 is 10.2 Å². The van der Waals surface area contributed by atoms with Gasteiger partial charge < -0.3 is 15.1 Å². The summed E-state index contributed by atoms with van der Waals surface area (Å²) in [6.45, 7) is 7.65. The van der Waals surface area contributed by atoms with Gasteiger partial charge >= 0.3 is 0 Å². The molecule has 1 aliphatic heterocycles. The molecule has 7 heteroatoms. The van der Waals surface area contributed by atoms with E-state index in [0.29, 0.717) is 6.54 Å². The summed E-state index contributed by atoms with van der Waals surface area (Å²) < 4.78 is 0. The van der Waals surface area contributed by atoms with Gasteiger partial charge in [0.1, 0.15) is 0 Å². The molecule has 2 aliphatic rings. The van der Waals surface area contributed by atoms with E-state index in [1.54, 1.807) is 11.3 Å². The third kappa shape index (κ3) is 4.67. The van der Waals surface area contributed by atoms with E-state index < -0.39 is 0 Å². The fourth-order valence-corrected chi connectivity index (χ4v) is 5.37. The van der Waals surface area contributed by atoms with Gasteiger partial charge in [-0.25, -0.2) is 4.98 Å². The SMILES string of the molecule is CC(C)C(=O)N1CCN(c2nc3c(s2)CC(C(=O)NCc2ccccc2)CC3)CC1. The molecule has 1 aromatic carbocycles. The Morgan fingerprint density at radius 3 is 2.60 bits per heavy atom. The molecule has 0 spiro atoms. The van der Waals surface area contributed by atoms with Crippen molar-refractivity contribution in [1.82, 2.24) is 15.2 Å². The van der Waals surface area contributed by atoms with Crippen LogP contribution in [0.4, 0.5) is 5.13 Å². The second-order valence-corrected chi connectivity index (χ2v) is 9.54. The number of amides is 2. The van der Waals surface area contributed by atoms with Crippen molar-refractivity contribution < 1.29 is 9.59 Å². The number of thiazole rings is 1. The molecule has 2 amide bonds. The number of piperazine rings is 1. The molecule has 6 nitrogen and oxygen atoms in total. The summed E-state index contributed by atoms with van der Waals surface area (Å²) >= 11 is 1.72. The Balaban J connectivity index is 1.32. The first-order valence-corrected chi connectivity index (χ1v) is 11.7. The average Bonchev–Trinajstić information content (AvgIpc) is 3.21. The van der Waals surface area contributed by atoms with E-state index in [1.165, 1.54) is 4.88 Å². The number of carbonyl (C=O) groups excluding carboxylic acids is 2. The average molecular weight is 427 g/mol. The Labute approximate surface area is 182 Å². The minimum absolute atomic E-state index is 0.0232. The second kappa shape index (κ2) is 9.16. The first kappa shape index (κ1) is 20.8.